The summed E-state index contributed by atoms with van der Waals surface area (Å²) in [5.41, 5.74) is 1.35. The van der Waals surface area contributed by atoms with Crippen molar-refractivity contribution in [3.8, 4) is 0 Å². The Kier molecular flexibility index (Phi) is 3.96. The van der Waals surface area contributed by atoms with Gasteiger partial charge in [-0.3, -0.25) is 18.9 Å². The van der Waals surface area contributed by atoms with E-state index in [-0.39, 0.29) is 12.1 Å². The molecule has 0 saturated carbocycles. The van der Waals surface area contributed by atoms with E-state index in [1.54, 1.807) is 9.30 Å². The number of carboxylic acid groups (broad SMARTS) is 1. The number of aryl methyl sites for hydroxylation is 1. The molecular formula is C12H15N3O3S. The lowest BCUT2D eigenvalue weighted by Gasteiger charge is -2.17. The lowest BCUT2D eigenvalue weighted by atomic mass is 10.3. The highest BCUT2D eigenvalue weighted by molar-refractivity contribution is 7.15. The fourth-order valence-corrected chi connectivity index (χ4v) is 2.77. The monoisotopic (exact) mass is 281 g/mol. The van der Waals surface area contributed by atoms with Crippen LogP contribution in [-0.2, 0) is 11.3 Å². The molecule has 0 fully saturated rings. The number of fused-ring (bicyclic) bond motifs is 1. The number of hydrogen-bond donors (Lipinski definition) is 1. The molecule has 0 unspecified atom stereocenters. The molecule has 2 aromatic rings. The summed E-state index contributed by atoms with van der Waals surface area (Å²) in [6.07, 6.45) is 0. The maximum absolute atomic E-state index is 12.0. The highest BCUT2D eigenvalue weighted by atomic mass is 32.1. The van der Waals surface area contributed by atoms with Crippen molar-refractivity contribution in [2.24, 2.45) is 0 Å². The fourth-order valence-electron chi connectivity index (χ4n) is 1.88. The predicted molar refractivity (Wildman–Crippen MR) is 72.7 cm³/mol. The van der Waals surface area contributed by atoms with Gasteiger partial charge >= 0.3 is 5.97 Å². The Bertz CT molecular complexity index is 662. The van der Waals surface area contributed by atoms with Crippen molar-refractivity contribution in [1.29, 1.82) is 0 Å². The Morgan fingerprint density at radius 2 is 2.32 bits per heavy atom. The number of carbonyl (C=O) groups is 1. The fraction of sp³-hybridized carbons (Fsp3) is 0.417. The highest BCUT2D eigenvalue weighted by Gasteiger charge is 2.11. The normalized spacial score (nSPS) is 11.3. The molecule has 0 radical (unpaired) electrons. The molecule has 0 atom stereocenters. The molecule has 0 bridgehead atoms. The number of likely N-dealkylation sites (N-methyl/N-ethyl adjacent to an activating group) is 1. The van der Waals surface area contributed by atoms with Crippen LogP contribution in [0.15, 0.2) is 16.2 Å². The van der Waals surface area contributed by atoms with Gasteiger partial charge in [0.25, 0.3) is 5.56 Å². The van der Waals surface area contributed by atoms with E-state index in [9.17, 15) is 9.59 Å². The Morgan fingerprint density at radius 3 is 2.95 bits per heavy atom. The number of aliphatic carboxylic acids is 1. The van der Waals surface area contributed by atoms with Gasteiger partial charge in [0.2, 0.25) is 0 Å². The zero-order valence-corrected chi connectivity index (χ0v) is 11.6. The van der Waals surface area contributed by atoms with Crippen molar-refractivity contribution >= 4 is 22.3 Å². The number of aromatic nitrogens is 2. The van der Waals surface area contributed by atoms with E-state index in [1.165, 1.54) is 17.4 Å². The Labute approximate surface area is 113 Å². The van der Waals surface area contributed by atoms with Gasteiger partial charge in [-0.15, -0.1) is 11.3 Å². The second kappa shape index (κ2) is 5.50. The maximum atomic E-state index is 12.0. The standard InChI is InChI=1S/C12H15N3O3S/c1-3-14(6-11(17)18)5-9-4-10(16)15-8(2)7-19-12(15)13-9/h4,7H,3,5-6H2,1-2H3,(H,17,18). The van der Waals surface area contributed by atoms with Crippen molar-refractivity contribution in [2.45, 2.75) is 20.4 Å². The third-order valence-electron chi connectivity index (χ3n) is 2.82. The maximum Gasteiger partial charge on any atom is 0.317 e. The second-order valence-corrected chi connectivity index (χ2v) is 5.11. The first kappa shape index (κ1) is 13.7. The van der Waals surface area contributed by atoms with Gasteiger partial charge < -0.3 is 5.11 Å². The third-order valence-corrected chi connectivity index (χ3v) is 3.76. The molecule has 1 N–H and O–H groups in total. The lowest BCUT2D eigenvalue weighted by molar-refractivity contribution is -0.138. The van der Waals surface area contributed by atoms with Crippen LogP contribution in [0.2, 0.25) is 0 Å². The van der Waals surface area contributed by atoms with E-state index in [4.69, 9.17) is 5.11 Å². The molecule has 2 aromatic heterocycles. The number of nitrogens with zero attached hydrogens (tertiary/aromatic N) is 3. The van der Waals surface area contributed by atoms with Crippen LogP contribution in [0.3, 0.4) is 0 Å². The Morgan fingerprint density at radius 1 is 1.58 bits per heavy atom. The van der Waals surface area contributed by atoms with Crippen LogP contribution in [0.5, 0.6) is 0 Å². The minimum absolute atomic E-state index is 0.0545. The summed E-state index contributed by atoms with van der Waals surface area (Å²) in [6, 6.07) is 1.47. The van der Waals surface area contributed by atoms with Gasteiger partial charge in [0.1, 0.15) is 0 Å². The topological polar surface area (TPSA) is 74.9 Å². The molecule has 6 nitrogen and oxygen atoms in total. The second-order valence-electron chi connectivity index (χ2n) is 4.28. The van der Waals surface area contributed by atoms with Gasteiger partial charge in [-0.1, -0.05) is 6.92 Å². The van der Waals surface area contributed by atoms with Gasteiger partial charge in [0, 0.05) is 23.7 Å². The molecule has 2 rings (SSSR count). The van der Waals surface area contributed by atoms with Crippen LogP contribution in [0.25, 0.3) is 4.96 Å². The molecule has 0 aliphatic carbocycles. The molecule has 0 amide bonds. The highest BCUT2D eigenvalue weighted by Crippen LogP contribution is 2.12. The summed E-state index contributed by atoms with van der Waals surface area (Å²) in [4.78, 5) is 29.5. The first-order valence-corrected chi connectivity index (χ1v) is 6.80. The van der Waals surface area contributed by atoms with Crippen LogP contribution in [-0.4, -0.2) is 38.4 Å². The van der Waals surface area contributed by atoms with Crippen molar-refractivity contribution in [1.82, 2.24) is 14.3 Å². The number of thiazole rings is 1. The first-order valence-electron chi connectivity index (χ1n) is 5.92. The third kappa shape index (κ3) is 2.99. The van der Waals surface area contributed by atoms with E-state index in [1.807, 2.05) is 19.2 Å². The van der Waals surface area contributed by atoms with Crippen LogP contribution in [0, 0.1) is 6.92 Å². The SMILES string of the molecule is CCN(CC(=O)O)Cc1cc(=O)n2c(C)csc2n1. The molecule has 0 saturated heterocycles. The largest absolute Gasteiger partial charge is 0.480 e. The van der Waals surface area contributed by atoms with E-state index in [0.29, 0.717) is 23.7 Å². The first-order chi connectivity index (χ1) is 9.01. The van der Waals surface area contributed by atoms with Crippen molar-refractivity contribution in [3.63, 3.8) is 0 Å². The number of rotatable bonds is 5. The van der Waals surface area contributed by atoms with Gasteiger partial charge in [0.15, 0.2) is 4.96 Å². The number of hydrogen-bond acceptors (Lipinski definition) is 5. The molecular weight excluding hydrogens is 266 g/mol. The molecule has 0 aliphatic heterocycles. The van der Waals surface area contributed by atoms with Crippen molar-refractivity contribution in [3.05, 3.63) is 33.2 Å². The van der Waals surface area contributed by atoms with Crippen LogP contribution >= 0.6 is 11.3 Å². The molecule has 7 heteroatoms. The quantitative estimate of drug-likeness (QED) is 0.884. The molecule has 102 valence electrons. The molecule has 0 aromatic carbocycles. The molecule has 0 spiro atoms. The Balaban J connectivity index is 2.30. The van der Waals surface area contributed by atoms with Crippen molar-refractivity contribution < 1.29 is 9.90 Å². The summed E-state index contributed by atoms with van der Waals surface area (Å²) < 4.78 is 1.56. The number of carboxylic acids is 1. The predicted octanol–water partition coefficient (Wildman–Crippen LogP) is 0.971. The summed E-state index contributed by atoms with van der Waals surface area (Å²) in [7, 11) is 0. The zero-order valence-electron chi connectivity index (χ0n) is 10.8. The van der Waals surface area contributed by atoms with E-state index < -0.39 is 5.97 Å². The average Bonchev–Trinajstić information content (AvgIpc) is 2.70. The molecule has 2 heterocycles. The van der Waals surface area contributed by atoms with Gasteiger partial charge in [0.05, 0.1) is 12.2 Å². The summed E-state index contributed by atoms with van der Waals surface area (Å²) in [5.74, 6) is -0.883. The van der Waals surface area contributed by atoms with Crippen molar-refractivity contribution in [2.75, 3.05) is 13.1 Å². The van der Waals surface area contributed by atoms with Crippen LogP contribution in [0.1, 0.15) is 18.3 Å². The van der Waals surface area contributed by atoms with E-state index in [0.717, 1.165) is 5.69 Å². The van der Waals surface area contributed by atoms with Gasteiger partial charge in [-0.2, -0.15) is 0 Å². The molecule has 19 heavy (non-hydrogen) atoms. The van der Waals surface area contributed by atoms with Gasteiger partial charge in [-0.05, 0) is 13.5 Å². The lowest BCUT2D eigenvalue weighted by Crippen LogP contribution is -2.30. The van der Waals surface area contributed by atoms with E-state index in [2.05, 4.69) is 4.98 Å². The Hall–Kier alpha value is -1.73. The van der Waals surface area contributed by atoms with Crippen LogP contribution in [0.4, 0.5) is 0 Å². The summed E-state index contributed by atoms with van der Waals surface area (Å²) in [5, 5.41) is 10.7. The summed E-state index contributed by atoms with van der Waals surface area (Å²) in [6.45, 7) is 4.64. The summed E-state index contributed by atoms with van der Waals surface area (Å²) >= 11 is 1.41. The zero-order chi connectivity index (χ0) is 14.0. The average molecular weight is 281 g/mol. The molecule has 0 aliphatic rings. The van der Waals surface area contributed by atoms with Crippen LogP contribution < -0.4 is 5.56 Å². The van der Waals surface area contributed by atoms with Gasteiger partial charge in [-0.25, -0.2) is 4.98 Å². The minimum atomic E-state index is -0.883. The van der Waals surface area contributed by atoms with E-state index >= 15 is 0 Å². The smallest absolute Gasteiger partial charge is 0.317 e. The minimum Gasteiger partial charge on any atom is -0.480 e.